The molecule has 0 spiro atoms. The number of nitro benzene ring substituents is 1. The lowest BCUT2D eigenvalue weighted by atomic mass is 10.1. The van der Waals surface area contributed by atoms with Crippen LogP contribution >= 0.6 is 15.9 Å². The summed E-state index contributed by atoms with van der Waals surface area (Å²) < 4.78 is 14.4. The number of anilines is 1. The van der Waals surface area contributed by atoms with Gasteiger partial charge in [-0.15, -0.1) is 0 Å². The third-order valence-electron chi connectivity index (χ3n) is 3.08. The Balaban J connectivity index is 2.18. The highest BCUT2D eigenvalue weighted by Gasteiger charge is 2.10. The summed E-state index contributed by atoms with van der Waals surface area (Å²) in [4.78, 5) is 10.1. The molecule has 0 heterocycles. The first-order valence-corrected chi connectivity index (χ1v) is 7.25. The summed E-state index contributed by atoms with van der Waals surface area (Å²) in [6.45, 7) is 2.37. The molecule has 2 aromatic carbocycles. The monoisotopic (exact) mass is 352 g/mol. The van der Waals surface area contributed by atoms with Gasteiger partial charge < -0.3 is 5.32 Å². The van der Waals surface area contributed by atoms with Gasteiger partial charge in [-0.25, -0.2) is 4.39 Å². The molecule has 0 aromatic heterocycles. The molecular weight excluding hydrogens is 339 g/mol. The summed E-state index contributed by atoms with van der Waals surface area (Å²) in [5.74, 6) is -0.604. The number of nitrogens with one attached hydrogen (secondary N) is 1. The number of nitrogens with zero attached hydrogens (tertiary/aromatic N) is 1. The highest BCUT2D eigenvalue weighted by molar-refractivity contribution is 9.10. The Morgan fingerprint density at radius 3 is 2.71 bits per heavy atom. The standard InChI is InChI=1S/C15H14BrFN2O2/c1-2-11-7-12(16)3-4-15(11)18-9-10-5-13(17)8-14(6-10)19(20)21/h3-8,18H,2,9H2,1H3. The third kappa shape index (κ3) is 4.01. The van der Waals surface area contributed by atoms with Crippen molar-refractivity contribution in [2.45, 2.75) is 19.9 Å². The summed E-state index contributed by atoms with van der Waals surface area (Å²) in [7, 11) is 0. The van der Waals surface area contributed by atoms with Gasteiger partial charge in [0.05, 0.1) is 11.0 Å². The van der Waals surface area contributed by atoms with Crippen LogP contribution in [-0.4, -0.2) is 4.92 Å². The molecule has 0 amide bonds. The Hall–Kier alpha value is -1.95. The highest BCUT2D eigenvalue weighted by atomic mass is 79.9. The topological polar surface area (TPSA) is 55.2 Å². The van der Waals surface area contributed by atoms with Crippen molar-refractivity contribution >= 4 is 27.3 Å². The van der Waals surface area contributed by atoms with E-state index in [2.05, 4.69) is 21.2 Å². The average molecular weight is 353 g/mol. The fraction of sp³-hybridized carbons (Fsp3) is 0.200. The molecule has 2 rings (SSSR count). The molecule has 0 aliphatic rings. The molecule has 0 fully saturated rings. The van der Waals surface area contributed by atoms with E-state index in [9.17, 15) is 14.5 Å². The average Bonchev–Trinajstić information content (AvgIpc) is 2.45. The van der Waals surface area contributed by atoms with Gasteiger partial charge in [0.2, 0.25) is 0 Å². The zero-order valence-electron chi connectivity index (χ0n) is 11.4. The lowest BCUT2D eigenvalue weighted by Gasteiger charge is -2.11. The maximum atomic E-state index is 13.4. The van der Waals surface area contributed by atoms with Crippen molar-refractivity contribution in [1.29, 1.82) is 0 Å². The van der Waals surface area contributed by atoms with E-state index < -0.39 is 10.7 Å². The third-order valence-corrected chi connectivity index (χ3v) is 3.58. The van der Waals surface area contributed by atoms with Gasteiger partial charge in [0.15, 0.2) is 0 Å². The number of nitro groups is 1. The minimum absolute atomic E-state index is 0.238. The van der Waals surface area contributed by atoms with Crippen LogP contribution in [0, 0.1) is 15.9 Å². The van der Waals surface area contributed by atoms with Gasteiger partial charge in [-0.3, -0.25) is 10.1 Å². The summed E-state index contributed by atoms with van der Waals surface area (Å²) in [5.41, 5.74) is 2.35. The summed E-state index contributed by atoms with van der Waals surface area (Å²) in [6, 6.07) is 9.44. The SMILES string of the molecule is CCc1cc(Br)ccc1NCc1cc(F)cc([N+](=O)[O-])c1. The van der Waals surface area contributed by atoms with Crippen LogP contribution in [0.5, 0.6) is 0 Å². The molecule has 0 saturated carbocycles. The maximum Gasteiger partial charge on any atom is 0.272 e. The molecule has 6 heteroatoms. The van der Waals surface area contributed by atoms with E-state index in [0.717, 1.165) is 28.2 Å². The summed E-state index contributed by atoms with van der Waals surface area (Å²) >= 11 is 3.42. The molecule has 0 aliphatic carbocycles. The van der Waals surface area contributed by atoms with Gasteiger partial charge in [0, 0.05) is 22.8 Å². The zero-order chi connectivity index (χ0) is 15.4. The quantitative estimate of drug-likeness (QED) is 0.628. The number of hydrogen-bond acceptors (Lipinski definition) is 3. The second-order valence-corrected chi connectivity index (χ2v) is 5.50. The van der Waals surface area contributed by atoms with Gasteiger partial charge in [0.1, 0.15) is 5.82 Å². The summed E-state index contributed by atoms with van der Waals surface area (Å²) in [5, 5.41) is 13.9. The first-order chi connectivity index (χ1) is 9.99. The number of halogens is 2. The van der Waals surface area contributed by atoms with Crippen molar-refractivity contribution in [3.05, 3.63) is 67.9 Å². The Bertz CT molecular complexity index is 677. The van der Waals surface area contributed by atoms with E-state index in [0.29, 0.717) is 12.1 Å². The largest absolute Gasteiger partial charge is 0.381 e. The summed E-state index contributed by atoms with van der Waals surface area (Å²) in [6.07, 6.45) is 0.852. The molecule has 0 bridgehead atoms. The van der Waals surface area contributed by atoms with E-state index in [-0.39, 0.29) is 5.69 Å². The lowest BCUT2D eigenvalue weighted by molar-refractivity contribution is -0.385. The van der Waals surface area contributed by atoms with Crippen LogP contribution in [-0.2, 0) is 13.0 Å². The first kappa shape index (κ1) is 15.4. The minimum atomic E-state index is -0.604. The molecule has 21 heavy (non-hydrogen) atoms. The van der Waals surface area contributed by atoms with E-state index in [4.69, 9.17) is 0 Å². The predicted molar refractivity (Wildman–Crippen MR) is 83.9 cm³/mol. The van der Waals surface area contributed by atoms with Gasteiger partial charge in [-0.1, -0.05) is 22.9 Å². The van der Waals surface area contributed by atoms with Gasteiger partial charge in [-0.2, -0.15) is 0 Å². The highest BCUT2D eigenvalue weighted by Crippen LogP contribution is 2.23. The van der Waals surface area contributed by atoms with Gasteiger partial charge in [-0.05, 0) is 41.8 Å². The van der Waals surface area contributed by atoms with Crippen molar-refractivity contribution in [1.82, 2.24) is 0 Å². The smallest absolute Gasteiger partial charge is 0.272 e. The molecule has 0 atom stereocenters. The van der Waals surface area contributed by atoms with Crippen LogP contribution in [0.2, 0.25) is 0 Å². The zero-order valence-corrected chi connectivity index (χ0v) is 13.0. The lowest BCUT2D eigenvalue weighted by Crippen LogP contribution is -2.03. The second kappa shape index (κ2) is 6.67. The fourth-order valence-corrected chi connectivity index (χ4v) is 2.47. The Kier molecular flexibility index (Phi) is 4.90. The number of rotatable bonds is 5. The molecule has 0 unspecified atom stereocenters. The van der Waals surface area contributed by atoms with E-state index in [1.165, 1.54) is 12.1 Å². The van der Waals surface area contributed by atoms with Gasteiger partial charge >= 0.3 is 0 Å². The maximum absolute atomic E-state index is 13.4. The molecule has 0 radical (unpaired) electrons. The van der Waals surface area contributed by atoms with Crippen LogP contribution in [0.15, 0.2) is 40.9 Å². The van der Waals surface area contributed by atoms with E-state index in [1.807, 2.05) is 25.1 Å². The van der Waals surface area contributed by atoms with Crippen molar-refractivity contribution in [3.8, 4) is 0 Å². The number of benzene rings is 2. The van der Waals surface area contributed by atoms with Crippen molar-refractivity contribution < 1.29 is 9.31 Å². The van der Waals surface area contributed by atoms with Crippen LogP contribution in [0.25, 0.3) is 0 Å². The van der Waals surface area contributed by atoms with Gasteiger partial charge in [0.25, 0.3) is 5.69 Å². The number of aryl methyl sites for hydroxylation is 1. The predicted octanol–water partition coefficient (Wildman–Crippen LogP) is 4.67. The molecule has 4 nitrogen and oxygen atoms in total. The van der Waals surface area contributed by atoms with Crippen LogP contribution in [0.3, 0.4) is 0 Å². The number of non-ortho nitro benzene ring substituents is 1. The minimum Gasteiger partial charge on any atom is -0.381 e. The van der Waals surface area contributed by atoms with Crippen LogP contribution in [0.4, 0.5) is 15.8 Å². The van der Waals surface area contributed by atoms with E-state index >= 15 is 0 Å². The van der Waals surface area contributed by atoms with Crippen LogP contribution < -0.4 is 5.32 Å². The van der Waals surface area contributed by atoms with Crippen molar-refractivity contribution in [2.75, 3.05) is 5.32 Å². The normalized spacial score (nSPS) is 10.4. The Labute approximate surface area is 130 Å². The van der Waals surface area contributed by atoms with Crippen molar-refractivity contribution in [2.24, 2.45) is 0 Å². The molecule has 0 saturated heterocycles. The molecular formula is C15H14BrFN2O2. The molecule has 0 aliphatic heterocycles. The molecule has 2 aromatic rings. The Morgan fingerprint density at radius 2 is 2.05 bits per heavy atom. The fourth-order valence-electron chi connectivity index (χ4n) is 2.07. The van der Waals surface area contributed by atoms with Crippen molar-refractivity contribution in [3.63, 3.8) is 0 Å². The number of hydrogen-bond donors (Lipinski definition) is 1. The van der Waals surface area contributed by atoms with Crippen LogP contribution in [0.1, 0.15) is 18.1 Å². The second-order valence-electron chi connectivity index (χ2n) is 4.58. The molecule has 110 valence electrons. The first-order valence-electron chi connectivity index (χ1n) is 6.45. The van der Waals surface area contributed by atoms with E-state index in [1.54, 1.807) is 0 Å². The Morgan fingerprint density at radius 1 is 1.29 bits per heavy atom. The molecule has 1 N–H and O–H groups in total.